The first kappa shape index (κ1) is 9.95. The summed E-state index contributed by atoms with van der Waals surface area (Å²) in [4.78, 5) is 0. The Morgan fingerprint density at radius 1 is 1.45 bits per heavy atom. The molecule has 0 fully saturated rings. The zero-order chi connectivity index (χ0) is 8.85. The summed E-state index contributed by atoms with van der Waals surface area (Å²) in [6.45, 7) is 9.55. The van der Waals surface area contributed by atoms with Crippen LogP contribution in [0.15, 0.2) is 28.5 Å². The molecule has 2 nitrogen and oxygen atoms in total. The van der Waals surface area contributed by atoms with Gasteiger partial charge in [0, 0.05) is 13.8 Å². The van der Waals surface area contributed by atoms with Gasteiger partial charge in [0.1, 0.15) is 0 Å². The molecular weight excluding hydrogens is 136 g/mol. The minimum absolute atomic E-state index is 1.10. The second-order valence-electron chi connectivity index (χ2n) is 2.55. The van der Waals surface area contributed by atoms with E-state index in [1.807, 2.05) is 26.1 Å². The zero-order valence-electron chi connectivity index (χ0n) is 7.76. The van der Waals surface area contributed by atoms with Crippen LogP contribution in [0.4, 0.5) is 0 Å². The molecule has 0 radical (unpaired) electrons. The Labute approximate surface area is 68.9 Å². The molecule has 2 heteroatoms. The highest BCUT2D eigenvalue weighted by atomic mass is 15.4. The summed E-state index contributed by atoms with van der Waals surface area (Å²) in [5.41, 5.74) is 2.33. The van der Waals surface area contributed by atoms with E-state index in [1.54, 1.807) is 5.01 Å². The molecule has 62 valence electrons. The van der Waals surface area contributed by atoms with Crippen molar-refractivity contribution in [1.29, 1.82) is 0 Å². The van der Waals surface area contributed by atoms with Crippen LogP contribution < -0.4 is 0 Å². The Morgan fingerprint density at radius 3 is 2.27 bits per heavy atom. The number of hydrogen-bond acceptors (Lipinski definition) is 2. The van der Waals surface area contributed by atoms with E-state index in [1.165, 1.54) is 5.57 Å². The topological polar surface area (TPSA) is 15.6 Å². The van der Waals surface area contributed by atoms with Crippen molar-refractivity contribution in [3.63, 3.8) is 0 Å². The van der Waals surface area contributed by atoms with Crippen molar-refractivity contribution < 1.29 is 0 Å². The molecule has 11 heavy (non-hydrogen) atoms. The molecule has 0 spiro atoms. The standard InChI is InChI=1S/C9H16N2/c1-6-7-9(8(2)3)11(5)10-4/h6-7H,4H2,1-3,5H3/b7-6-. The molecule has 0 N–H and O–H groups in total. The van der Waals surface area contributed by atoms with Gasteiger partial charge < -0.3 is 0 Å². The van der Waals surface area contributed by atoms with E-state index < -0.39 is 0 Å². The van der Waals surface area contributed by atoms with Crippen LogP contribution in [0.1, 0.15) is 20.8 Å². The molecule has 0 unspecified atom stereocenters. The van der Waals surface area contributed by atoms with Crippen molar-refractivity contribution in [3.8, 4) is 0 Å². The molecule has 0 bridgehead atoms. The molecule has 0 aliphatic carbocycles. The first-order chi connectivity index (χ1) is 5.13. The zero-order valence-corrected chi connectivity index (χ0v) is 7.76. The minimum atomic E-state index is 1.10. The predicted octanol–water partition coefficient (Wildman–Crippen LogP) is 2.40. The summed E-state index contributed by atoms with van der Waals surface area (Å²) in [5, 5.41) is 5.56. The Morgan fingerprint density at radius 2 is 2.00 bits per heavy atom. The van der Waals surface area contributed by atoms with Gasteiger partial charge in [0.2, 0.25) is 0 Å². The van der Waals surface area contributed by atoms with E-state index in [-0.39, 0.29) is 0 Å². The first-order valence-corrected chi connectivity index (χ1v) is 3.64. The van der Waals surface area contributed by atoms with Gasteiger partial charge in [-0.3, -0.25) is 5.01 Å². The van der Waals surface area contributed by atoms with Crippen LogP contribution in [0, 0.1) is 0 Å². The normalized spacial score (nSPS) is 9.82. The van der Waals surface area contributed by atoms with Crippen LogP contribution in [-0.4, -0.2) is 18.8 Å². The van der Waals surface area contributed by atoms with E-state index in [2.05, 4.69) is 25.7 Å². The fourth-order valence-corrected chi connectivity index (χ4v) is 0.832. The van der Waals surface area contributed by atoms with Gasteiger partial charge in [0.15, 0.2) is 0 Å². The molecule has 0 heterocycles. The van der Waals surface area contributed by atoms with Crippen molar-refractivity contribution in [2.45, 2.75) is 20.8 Å². The van der Waals surface area contributed by atoms with Crippen molar-refractivity contribution in [1.82, 2.24) is 5.01 Å². The molecule has 0 saturated carbocycles. The summed E-state index contributed by atoms with van der Waals surface area (Å²) in [7, 11) is 1.88. The number of hydrogen-bond donors (Lipinski definition) is 0. The fourth-order valence-electron chi connectivity index (χ4n) is 0.832. The number of rotatable bonds is 3. The molecule has 0 aliphatic heterocycles. The number of nitrogens with zero attached hydrogens (tertiary/aromatic N) is 2. The molecule has 0 aromatic carbocycles. The SMILES string of the molecule is C=NN(C)C(/C=C\C)=C(C)C. The van der Waals surface area contributed by atoms with Crippen LogP contribution in [0.3, 0.4) is 0 Å². The lowest BCUT2D eigenvalue weighted by molar-refractivity contribution is 0.460. The average molecular weight is 152 g/mol. The maximum Gasteiger partial charge on any atom is 0.0573 e. The summed E-state index contributed by atoms with van der Waals surface area (Å²) in [5.74, 6) is 0. The highest BCUT2D eigenvalue weighted by Crippen LogP contribution is 2.09. The maximum atomic E-state index is 3.80. The van der Waals surface area contributed by atoms with Gasteiger partial charge in [-0.25, -0.2) is 0 Å². The van der Waals surface area contributed by atoms with Crippen molar-refractivity contribution >= 4 is 6.72 Å². The smallest absolute Gasteiger partial charge is 0.0573 e. The van der Waals surface area contributed by atoms with Crippen LogP contribution in [-0.2, 0) is 0 Å². The average Bonchev–Trinajstić information content (AvgIpc) is 1.98. The molecule has 0 amide bonds. The third-order valence-electron chi connectivity index (χ3n) is 1.40. The lowest BCUT2D eigenvalue weighted by atomic mass is 10.2. The first-order valence-electron chi connectivity index (χ1n) is 3.64. The largest absolute Gasteiger partial charge is 0.269 e. The number of likely N-dealkylation sites (N-methyl/N-ethyl adjacent to an activating group) is 1. The summed E-state index contributed by atoms with van der Waals surface area (Å²) < 4.78 is 0. The second kappa shape index (κ2) is 4.72. The number of hydrazone groups is 1. The molecule has 0 atom stereocenters. The van der Waals surface area contributed by atoms with Gasteiger partial charge in [0.25, 0.3) is 0 Å². The maximum absolute atomic E-state index is 3.80. The Kier molecular flexibility index (Phi) is 4.27. The van der Waals surface area contributed by atoms with Crippen LogP contribution in [0.2, 0.25) is 0 Å². The highest BCUT2D eigenvalue weighted by Gasteiger charge is 1.98. The van der Waals surface area contributed by atoms with Crippen LogP contribution in [0.25, 0.3) is 0 Å². The lowest BCUT2D eigenvalue weighted by Gasteiger charge is -2.14. The third kappa shape index (κ3) is 3.03. The van der Waals surface area contributed by atoms with Gasteiger partial charge in [-0.2, -0.15) is 5.10 Å². The van der Waals surface area contributed by atoms with E-state index in [0.717, 1.165) is 5.70 Å². The second-order valence-corrected chi connectivity index (χ2v) is 2.55. The fraction of sp³-hybridized carbons (Fsp3) is 0.444. The summed E-state index contributed by atoms with van der Waals surface area (Å²) in [6.07, 6.45) is 4.01. The Balaban J connectivity index is 4.62. The molecule has 0 aromatic rings. The van der Waals surface area contributed by atoms with Gasteiger partial charge >= 0.3 is 0 Å². The quantitative estimate of drug-likeness (QED) is 0.344. The minimum Gasteiger partial charge on any atom is -0.269 e. The number of allylic oxidation sites excluding steroid dienone is 3. The van der Waals surface area contributed by atoms with Gasteiger partial charge in [0.05, 0.1) is 5.70 Å². The molecule has 0 aliphatic rings. The van der Waals surface area contributed by atoms with Gasteiger partial charge in [-0.05, 0) is 26.8 Å². The van der Waals surface area contributed by atoms with Gasteiger partial charge in [-0.15, -0.1) is 0 Å². The third-order valence-corrected chi connectivity index (χ3v) is 1.40. The molecule has 0 aromatic heterocycles. The lowest BCUT2D eigenvalue weighted by Crippen LogP contribution is -2.09. The van der Waals surface area contributed by atoms with E-state index in [9.17, 15) is 0 Å². The van der Waals surface area contributed by atoms with Crippen LogP contribution >= 0.6 is 0 Å². The van der Waals surface area contributed by atoms with Crippen molar-refractivity contribution in [2.75, 3.05) is 7.05 Å². The van der Waals surface area contributed by atoms with E-state index >= 15 is 0 Å². The summed E-state index contributed by atoms with van der Waals surface area (Å²) in [6, 6.07) is 0. The molecule has 0 saturated heterocycles. The predicted molar refractivity (Wildman–Crippen MR) is 50.5 cm³/mol. The molecule has 0 rings (SSSR count). The summed E-state index contributed by atoms with van der Waals surface area (Å²) >= 11 is 0. The van der Waals surface area contributed by atoms with E-state index in [4.69, 9.17) is 0 Å². The van der Waals surface area contributed by atoms with Gasteiger partial charge in [-0.1, -0.05) is 11.6 Å². The van der Waals surface area contributed by atoms with Crippen LogP contribution in [0.5, 0.6) is 0 Å². The van der Waals surface area contributed by atoms with E-state index in [0.29, 0.717) is 0 Å². The highest BCUT2D eigenvalue weighted by molar-refractivity contribution is 5.27. The molecular formula is C9H16N2. The van der Waals surface area contributed by atoms with Crippen molar-refractivity contribution in [2.24, 2.45) is 5.10 Å². The Bertz CT molecular complexity index is 186. The monoisotopic (exact) mass is 152 g/mol. The Hall–Kier alpha value is -1.05. The van der Waals surface area contributed by atoms with Crippen molar-refractivity contribution in [3.05, 3.63) is 23.4 Å².